The minimum absolute atomic E-state index is 0.424. The van der Waals surface area contributed by atoms with Gasteiger partial charge in [0.2, 0.25) is 0 Å². The number of aliphatic imine (C=N–C) groups is 1. The SMILES string of the molecule is CCC(CC)C1CN=C(Nc2cccc(C(F)(F)F)c2)S1. The molecule has 1 aromatic carbocycles. The summed E-state index contributed by atoms with van der Waals surface area (Å²) in [6.45, 7) is 5.05. The summed E-state index contributed by atoms with van der Waals surface area (Å²) in [7, 11) is 0. The lowest BCUT2D eigenvalue weighted by atomic mass is 9.99. The number of thioether (sulfide) groups is 1. The van der Waals surface area contributed by atoms with Crippen LogP contribution in [-0.2, 0) is 6.18 Å². The summed E-state index contributed by atoms with van der Waals surface area (Å²) in [6.07, 6.45) is -2.12. The van der Waals surface area contributed by atoms with Gasteiger partial charge in [-0.25, -0.2) is 0 Å². The average Bonchev–Trinajstić information content (AvgIpc) is 2.88. The van der Waals surface area contributed by atoms with Crippen molar-refractivity contribution >= 4 is 22.6 Å². The largest absolute Gasteiger partial charge is 0.416 e. The molecule has 1 aliphatic rings. The molecule has 1 heterocycles. The van der Waals surface area contributed by atoms with E-state index in [0.717, 1.165) is 31.5 Å². The number of alkyl halides is 3. The Labute approximate surface area is 127 Å². The smallest absolute Gasteiger partial charge is 0.335 e. The van der Waals surface area contributed by atoms with Gasteiger partial charge in [0.1, 0.15) is 0 Å². The fraction of sp³-hybridized carbons (Fsp3) is 0.533. The Kier molecular flexibility index (Phi) is 5.19. The van der Waals surface area contributed by atoms with Crippen molar-refractivity contribution in [2.45, 2.75) is 38.1 Å². The molecule has 1 aromatic rings. The molecule has 0 radical (unpaired) electrons. The second kappa shape index (κ2) is 6.73. The number of benzene rings is 1. The highest BCUT2D eigenvalue weighted by Gasteiger charge is 2.31. The standard InChI is InChI=1S/C15H19F3N2S/c1-3-10(4-2)13-9-19-14(21-13)20-12-7-5-6-11(8-12)15(16,17)18/h5-8,10,13H,3-4,9H2,1-2H3,(H,19,20). The molecule has 2 nitrogen and oxygen atoms in total. The molecule has 0 saturated carbocycles. The van der Waals surface area contributed by atoms with Crippen molar-refractivity contribution in [1.82, 2.24) is 0 Å². The molecule has 116 valence electrons. The van der Waals surface area contributed by atoms with Crippen LogP contribution in [0, 0.1) is 5.92 Å². The number of nitrogens with zero attached hydrogens (tertiary/aromatic N) is 1. The zero-order valence-electron chi connectivity index (χ0n) is 12.1. The summed E-state index contributed by atoms with van der Waals surface area (Å²) in [4.78, 5) is 4.41. The summed E-state index contributed by atoms with van der Waals surface area (Å²) >= 11 is 1.63. The first-order valence-electron chi connectivity index (χ1n) is 7.09. The molecule has 1 atom stereocenters. The highest BCUT2D eigenvalue weighted by atomic mass is 32.2. The Balaban J connectivity index is 2.01. The van der Waals surface area contributed by atoms with Gasteiger partial charge in [-0.15, -0.1) is 0 Å². The van der Waals surface area contributed by atoms with Crippen LogP contribution in [-0.4, -0.2) is 17.0 Å². The van der Waals surface area contributed by atoms with E-state index in [1.165, 1.54) is 6.07 Å². The molecule has 1 N–H and O–H groups in total. The van der Waals surface area contributed by atoms with Crippen molar-refractivity contribution in [2.24, 2.45) is 10.9 Å². The maximum absolute atomic E-state index is 12.7. The van der Waals surface area contributed by atoms with Gasteiger partial charge >= 0.3 is 6.18 Å². The van der Waals surface area contributed by atoms with Crippen molar-refractivity contribution in [1.29, 1.82) is 0 Å². The predicted octanol–water partition coefficient (Wildman–Crippen LogP) is 5.02. The number of anilines is 1. The van der Waals surface area contributed by atoms with E-state index >= 15 is 0 Å². The van der Waals surface area contributed by atoms with Gasteiger partial charge in [0, 0.05) is 10.9 Å². The summed E-state index contributed by atoms with van der Waals surface area (Å²) in [5.41, 5.74) is -0.214. The Morgan fingerprint density at radius 2 is 2.05 bits per heavy atom. The monoisotopic (exact) mass is 316 g/mol. The van der Waals surface area contributed by atoms with Gasteiger partial charge in [0.15, 0.2) is 5.17 Å². The Hall–Kier alpha value is -1.17. The van der Waals surface area contributed by atoms with Crippen molar-refractivity contribution in [2.75, 3.05) is 11.9 Å². The maximum atomic E-state index is 12.7. The van der Waals surface area contributed by atoms with Gasteiger partial charge in [0.25, 0.3) is 0 Å². The van der Waals surface area contributed by atoms with Crippen LogP contribution in [0.25, 0.3) is 0 Å². The quantitative estimate of drug-likeness (QED) is 0.843. The van der Waals surface area contributed by atoms with Crippen LogP contribution >= 0.6 is 11.8 Å². The normalized spacial score (nSPS) is 19.0. The molecule has 0 amide bonds. The molecule has 6 heteroatoms. The number of hydrogen-bond donors (Lipinski definition) is 1. The van der Waals surface area contributed by atoms with E-state index in [4.69, 9.17) is 0 Å². The van der Waals surface area contributed by atoms with E-state index in [-0.39, 0.29) is 0 Å². The van der Waals surface area contributed by atoms with E-state index in [1.807, 2.05) is 0 Å². The van der Waals surface area contributed by atoms with Gasteiger partial charge in [-0.2, -0.15) is 13.2 Å². The van der Waals surface area contributed by atoms with Gasteiger partial charge in [-0.3, -0.25) is 4.99 Å². The molecule has 2 rings (SSSR count). The zero-order valence-corrected chi connectivity index (χ0v) is 12.9. The molecule has 0 aromatic heterocycles. The lowest BCUT2D eigenvalue weighted by molar-refractivity contribution is -0.137. The summed E-state index contributed by atoms with van der Waals surface area (Å²) < 4.78 is 38.0. The third-order valence-electron chi connectivity index (χ3n) is 3.69. The molecule has 0 saturated heterocycles. The Bertz CT molecular complexity index is 510. The summed E-state index contributed by atoms with van der Waals surface area (Å²) in [6, 6.07) is 5.22. The van der Waals surface area contributed by atoms with E-state index in [2.05, 4.69) is 24.2 Å². The third kappa shape index (κ3) is 4.15. The highest BCUT2D eigenvalue weighted by molar-refractivity contribution is 8.15. The van der Waals surface area contributed by atoms with Gasteiger partial charge < -0.3 is 5.32 Å². The van der Waals surface area contributed by atoms with E-state index in [9.17, 15) is 13.2 Å². The fourth-order valence-electron chi connectivity index (χ4n) is 2.42. The van der Waals surface area contributed by atoms with Crippen molar-refractivity contribution < 1.29 is 13.2 Å². The second-order valence-electron chi connectivity index (χ2n) is 5.08. The van der Waals surface area contributed by atoms with Crippen LogP contribution in [0.15, 0.2) is 29.3 Å². The first kappa shape index (κ1) is 16.2. The zero-order chi connectivity index (χ0) is 15.5. The van der Waals surface area contributed by atoms with E-state index < -0.39 is 11.7 Å². The molecule has 0 aliphatic carbocycles. The van der Waals surface area contributed by atoms with Crippen LogP contribution in [0.2, 0.25) is 0 Å². The van der Waals surface area contributed by atoms with Crippen LogP contribution in [0.1, 0.15) is 32.3 Å². The molecule has 21 heavy (non-hydrogen) atoms. The summed E-state index contributed by atoms with van der Waals surface area (Å²) in [5, 5.41) is 4.14. The van der Waals surface area contributed by atoms with Crippen LogP contribution in [0.3, 0.4) is 0 Å². The molecular formula is C15H19F3N2S. The van der Waals surface area contributed by atoms with Crippen LogP contribution in [0.4, 0.5) is 18.9 Å². The molecule has 0 fully saturated rings. The fourth-order valence-corrected chi connectivity index (χ4v) is 3.76. The van der Waals surface area contributed by atoms with E-state index in [0.29, 0.717) is 22.0 Å². The van der Waals surface area contributed by atoms with Gasteiger partial charge in [0.05, 0.1) is 12.1 Å². The lowest BCUT2D eigenvalue weighted by Gasteiger charge is -2.18. The minimum atomic E-state index is -4.32. The Morgan fingerprint density at radius 3 is 2.67 bits per heavy atom. The second-order valence-corrected chi connectivity index (χ2v) is 6.31. The van der Waals surface area contributed by atoms with Gasteiger partial charge in [-0.05, 0) is 24.1 Å². The summed E-state index contributed by atoms with van der Waals surface area (Å²) in [5.74, 6) is 0.597. The van der Waals surface area contributed by atoms with Crippen molar-refractivity contribution in [3.63, 3.8) is 0 Å². The number of rotatable bonds is 4. The number of hydrogen-bond acceptors (Lipinski definition) is 3. The average molecular weight is 316 g/mol. The number of nitrogens with one attached hydrogen (secondary N) is 1. The first-order chi connectivity index (χ1) is 9.94. The highest BCUT2D eigenvalue weighted by Crippen LogP contribution is 2.33. The topological polar surface area (TPSA) is 24.4 Å². The molecular weight excluding hydrogens is 297 g/mol. The predicted molar refractivity (Wildman–Crippen MR) is 82.8 cm³/mol. The Morgan fingerprint density at radius 1 is 1.33 bits per heavy atom. The number of amidine groups is 1. The molecule has 0 spiro atoms. The van der Waals surface area contributed by atoms with Crippen LogP contribution < -0.4 is 5.32 Å². The molecule has 0 bridgehead atoms. The molecule has 1 unspecified atom stereocenters. The number of halogens is 3. The van der Waals surface area contributed by atoms with Crippen LogP contribution in [0.5, 0.6) is 0 Å². The minimum Gasteiger partial charge on any atom is -0.335 e. The maximum Gasteiger partial charge on any atom is 0.416 e. The van der Waals surface area contributed by atoms with E-state index in [1.54, 1.807) is 17.8 Å². The van der Waals surface area contributed by atoms with Crippen molar-refractivity contribution in [3.8, 4) is 0 Å². The lowest BCUT2D eigenvalue weighted by Crippen LogP contribution is -2.17. The molecule has 1 aliphatic heterocycles. The third-order valence-corrected chi connectivity index (χ3v) is 4.98. The van der Waals surface area contributed by atoms with Crippen molar-refractivity contribution in [3.05, 3.63) is 29.8 Å². The first-order valence-corrected chi connectivity index (χ1v) is 7.97. The van der Waals surface area contributed by atoms with Gasteiger partial charge in [-0.1, -0.05) is 44.5 Å².